The number of benzene rings is 4. The molecular weight excluding hydrogens is 857 g/mol. The SMILES string of the molecule is CCCCc1ccc(-c2ccc(C(=O)C[C@@H](CCCCN)C(=O)N(C)[C@@H]3C(=O)C[C@@H](C)C(=O)N[C@H](C(=O)CC(C)(C)C#N)Cc4ccc(OCCN)c(c4)-c4cc3ccc4OCCN)cc2)cc1. The summed E-state index contributed by atoms with van der Waals surface area (Å²) < 4.78 is 12.3. The summed E-state index contributed by atoms with van der Waals surface area (Å²) in [6.07, 6.45) is 4.48. The standard InChI is InChI=1S/C55H70N6O7/c1-6-7-10-37-12-15-39(16-13-37)40-17-19-41(20-18-40)47(62)33-43(11-8-9-24-56)54(66)61(5)52-42-21-23-51(68-28-26-58)45(32-42)44-30-38(14-22-50(44)67-27-25-57)31-46(49(64)34-55(3,4)35-59)60-53(65)36(2)29-48(52)63/h12-23,30,32,36,43,46,52H,6-11,24-29,31,33-34,56-58H2,1-5H3,(H,60,65)/t36-,43-,46+,52+/m1/s1. The molecule has 0 aromatic heterocycles. The Morgan fingerprint density at radius 3 is 2.04 bits per heavy atom. The molecule has 0 aliphatic carbocycles. The summed E-state index contributed by atoms with van der Waals surface area (Å²) >= 11 is 0. The number of hydrogen-bond acceptors (Lipinski definition) is 11. The van der Waals surface area contributed by atoms with Crippen LogP contribution in [-0.2, 0) is 32.0 Å². The highest BCUT2D eigenvalue weighted by atomic mass is 16.5. The van der Waals surface area contributed by atoms with Gasteiger partial charge in [-0.25, -0.2) is 0 Å². The number of fused-ring (bicyclic) bond motifs is 5. The minimum atomic E-state index is -1.20. The highest BCUT2D eigenvalue weighted by Crippen LogP contribution is 2.41. The van der Waals surface area contributed by atoms with E-state index in [4.69, 9.17) is 26.7 Å². The zero-order chi connectivity index (χ0) is 49.4. The van der Waals surface area contributed by atoms with Crippen molar-refractivity contribution in [2.45, 2.75) is 104 Å². The maximum Gasteiger partial charge on any atom is 0.226 e. The number of rotatable bonds is 22. The van der Waals surface area contributed by atoms with Crippen LogP contribution in [0.25, 0.3) is 22.3 Å². The van der Waals surface area contributed by atoms with Crippen LogP contribution in [0.4, 0.5) is 0 Å². The van der Waals surface area contributed by atoms with Crippen LogP contribution >= 0.6 is 0 Å². The summed E-state index contributed by atoms with van der Waals surface area (Å²) in [6.45, 7) is 8.33. The van der Waals surface area contributed by atoms with Crippen molar-refractivity contribution in [1.82, 2.24) is 10.2 Å². The van der Waals surface area contributed by atoms with Crippen molar-refractivity contribution in [1.29, 1.82) is 5.26 Å². The van der Waals surface area contributed by atoms with Gasteiger partial charge in [-0.1, -0.05) is 87.4 Å². The van der Waals surface area contributed by atoms with E-state index in [9.17, 15) is 29.2 Å². The van der Waals surface area contributed by atoms with Gasteiger partial charge in [-0.3, -0.25) is 24.0 Å². The second kappa shape index (κ2) is 25.2. The van der Waals surface area contributed by atoms with Gasteiger partial charge in [0.1, 0.15) is 30.8 Å². The number of unbranched alkanes of at least 4 members (excludes halogenated alkanes) is 2. The lowest BCUT2D eigenvalue weighted by molar-refractivity contribution is -0.142. The summed E-state index contributed by atoms with van der Waals surface area (Å²) in [4.78, 5) is 73.2. The molecule has 4 aromatic rings. The van der Waals surface area contributed by atoms with Gasteiger partial charge in [0, 0.05) is 67.9 Å². The predicted molar refractivity (Wildman–Crippen MR) is 266 cm³/mol. The summed E-state index contributed by atoms with van der Waals surface area (Å²) in [5, 5.41) is 12.7. The summed E-state index contributed by atoms with van der Waals surface area (Å²) in [5.74, 6) is -2.71. The number of nitrogens with two attached hydrogens (primary N) is 3. The Labute approximate surface area is 402 Å². The molecule has 0 spiro atoms. The van der Waals surface area contributed by atoms with Gasteiger partial charge in [-0.05, 0) is 105 Å². The van der Waals surface area contributed by atoms with Gasteiger partial charge in [0.15, 0.2) is 17.3 Å². The molecule has 0 fully saturated rings. The fourth-order valence-electron chi connectivity index (χ4n) is 8.66. The van der Waals surface area contributed by atoms with Crippen LogP contribution in [0.3, 0.4) is 0 Å². The van der Waals surface area contributed by atoms with E-state index in [2.05, 4.69) is 42.6 Å². The second-order valence-corrected chi connectivity index (χ2v) is 18.7. The van der Waals surface area contributed by atoms with Crippen molar-refractivity contribution >= 4 is 29.2 Å². The number of amides is 2. The molecule has 0 unspecified atom stereocenters. The fourth-order valence-corrected chi connectivity index (χ4v) is 8.66. The number of carbonyl (C=O) groups is 5. The number of hydrogen-bond donors (Lipinski definition) is 4. The number of carbonyl (C=O) groups excluding carboxylic acids is 5. The first-order valence-electron chi connectivity index (χ1n) is 24.0. The molecule has 0 radical (unpaired) electrons. The van der Waals surface area contributed by atoms with Crippen LogP contribution < -0.4 is 32.0 Å². The number of Topliss-reactive ketones (excluding diaryl/α,β-unsaturated/α-hetero) is 3. The number of aryl methyl sites for hydroxylation is 1. The highest BCUT2D eigenvalue weighted by molar-refractivity contribution is 6.00. The zero-order valence-corrected chi connectivity index (χ0v) is 40.5. The quantitative estimate of drug-likeness (QED) is 0.0442. The lowest BCUT2D eigenvalue weighted by atomic mass is 9.85. The van der Waals surface area contributed by atoms with E-state index in [1.807, 2.05) is 24.3 Å². The van der Waals surface area contributed by atoms with Crippen molar-refractivity contribution in [3.8, 4) is 39.8 Å². The highest BCUT2D eigenvalue weighted by Gasteiger charge is 2.37. The van der Waals surface area contributed by atoms with E-state index in [1.54, 1.807) is 64.2 Å². The van der Waals surface area contributed by atoms with Gasteiger partial charge >= 0.3 is 0 Å². The largest absolute Gasteiger partial charge is 0.492 e. The molecular formula is C55H70N6O7. The van der Waals surface area contributed by atoms with Crippen molar-refractivity contribution in [2.24, 2.45) is 34.5 Å². The van der Waals surface area contributed by atoms with Crippen LogP contribution in [0.5, 0.6) is 11.5 Å². The van der Waals surface area contributed by atoms with E-state index in [0.29, 0.717) is 65.1 Å². The average Bonchev–Trinajstić information content (AvgIpc) is 3.33. The molecule has 13 nitrogen and oxygen atoms in total. The van der Waals surface area contributed by atoms with Crippen molar-refractivity contribution < 1.29 is 33.4 Å². The van der Waals surface area contributed by atoms with Crippen LogP contribution in [0.1, 0.15) is 112 Å². The Balaban J connectivity index is 1.56. The van der Waals surface area contributed by atoms with E-state index in [0.717, 1.165) is 30.4 Å². The van der Waals surface area contributed by atoms with Gasteiger partial charge in [0.2, 0.25) is 11.8 Å². The molecule has 5 rings (SSSR count). The van der Waals surface area contributed by atoms with Gasteiger partial charge in [-0.2, -0.15) is 5.26 Å². The number of ether oxygens (including phenoxy) is 2. The fraction of sp³-hybridized carbons (Fsp3) is 0.455. The topological polar surface area (TPSA) is 221 Å². The number of likely N-dealkylation sites (N-methyl/N-ethyl adjacent to an activating group) is 1. The molecule has 68 heavy (non-hydrogen) atoms. The molecule has 1 aliphatic heterocycles. The lowest BCUT2D eigenvalue weighted by Crippen LogP contribution is -2.46. The van der Waals surface area contributed by atoms with Crippen molar-refractivity contribution in [3.63, 3.8) is 0 Å². The van der Waals surface area contributed by atoms with Gasteiger partial charge in [0.05, 0.1) is 17.5 Å². The van der Waals surface area contributed by atoms with E-state index >= 15 is 0 Å². The van der Waals surface area contributed by atoms with E-state index in [-0.39, 0.29) is 63.6 Å². The van der Waals surface area contributed by atoms with Crippen LogP contribution in [-0.4, -0.2) is 80.0 Å². The number of nitriles is 1. The van der Waals surface area contributed by atoms with E-state index in [1.165, 1.54) is 10.5 Å². The maximum atomic E-state index is 15.0. The Morgan fingerprint density at radius 2 is 1.44 bits per heavy atom. The molecule has 4 bridgehead atoms. The monoisotopic (exact) mass is 927 g/mol. The van der Waals surface area contributed by atoms with Crippen LogP contribution in [0.15, 0.2) is 84.9 Å². The van der Waals surface area contributed by atoms with Gasteiger partial charge < -0.3 is 36.9 Å². The third-order valence-corrected chi connectivity index (χ3v) is 12.6. The molecule has 4 aromatic carbocycles. The molecule has 13 heteroatoms. The summed E-state index contributed by atoms with van der Waals surface area (Å²) in [7, 11) is 1.56. The van der Waals surface area contributed by atoms with E-state index < -0.39 is 46.9 Å². The zero-order valence-electron chi connectivity index (χ0n) is 40.5. The first kappa shape index (κ1) is 52.8. The van der Waals surface area contributed by atoms with Crippen LogP contribution in [0.2, 0.25) is 0 Å². The molecule has 0 saturated carbocycles. The first-order valence-corrected chi connectivity index (χ1v) is 24.0. The van der Waals surface area contributed by atoms with Gasteiger partial charge in [0.25, 0.3) is 0 Å². The molecule has 1 heterocycles. The average molecular weight is 927 g/mol. The smallest absolute Gasteiger partial charge is 0.226 e. The Bertz CT molecular complexity index is 2410. The molecule has 0 saturated heterocycles. The lowest BCUT2D eigenvalue weighted by Gasteiger charge is -2.32. The summed E-state index contributed by atoms with van der Waals surface area (Å²) in [5.41, 5.74) is 22.7. The molecule has 4 atom stereocenters. The molecule has 362 valence electrons. The van der Waals surface area contributed by atoms with Crippen LogP contribution in [0, 0.1) is 28.6 Å². The Kier molecular flexibility index (Phi) is 19.6. The minimum absolute atomic E-state index is 0.0941. The predicted octanol–water partition coefficient (Wildman–Crippen LogP) is 7.70. The molecule has 7 N–H and O–H groups in total. The van der Waals surface area contributed by atoms with Crippen molar-refractivity contribution in [2.75, 3.05) is 39.9 Å². The first-order chi connectivity index (χ1) is 32.6. The number of nitrogens with zero attached hydrogens (tertiary/aromatic N) is 2. The maximum absolute atomic E-state index is 15.0. The van der Waals surface area contributed by atoms with Crippen molar-refractivity contribution in [3.05, 3.63) is 107 Å². The Morgan fingerprint density at radius 1 is 0.824 bits per heavy atom. The molecule has 2 amide bonds. The minimum Gasteiger partial charge on any atom is -0.492 e. The normalized spacial score (nSPS) is 16.7. The second-order valence-electron chi connectivity index (χ2n) is 18.7. The number of nitrogens with one attached hydrogen (secondary N) is 1. The third-order valence-electron chi connectivity index (χ3n) is 12.6. The number of ketones is 3. The Hall–Kier alpha value is -6.20. The third kappa shape index (κ3) is 14.2. The summed E-state index contributed by atoms with van der Waals surface area (Å²) in [6, 6.07) is 26.5. The van der Waals surface area contributed by atoms with Gasteiger partial charge in [-0.15, -0.1) is 0 Å². The molecule has 1 aliphatic rings.